The van der Waals surface area contributed by atoms with Crippen LogP contribution in [0.3, 0.4) is 0 Å². The van der Waals surface area contributed by atoms with E-state index in [9.17, 15) is 9.59 Å². The fourth-order valence-electron chi connectivity index (χ4n) is 3.53. The van der Waals surface area contributed by atoms with Crippen molar-refractivity contribution >= 4 is 35.0 Å². The molecule has 8 heteroatoms. The summed E-state index contributed by atoms with van der Waals surface area (Å²) >= 11 is 12.4. The molecule has 0 spiro atoms. The van der Waals surface area contributed by atoms with Crippen molar-refractivity contribution in [1.29, 1.82) is 0 Å². The van der Waals surface area contributed by atoms with Gasteiger partial charge in [0, 0.05) is 28.5 Å². The summed E-state index contributed by atoms with van der Waals surface area (Å²) in [6, 6.07) is 10.1. The first-order valence-corrected chi connectivity index (χ1v) is 11.7. The van der Waals surface area contributed by atoms with Crippen molar-refractivity contribution in [2.45, 2.75) is 58.7 Å². The van der Waals surface area contributed by atoms with E-state index in [0.29, 0.717) is 41.2 Å². The Kier molecular flexibility index (Phi) is 8.14. The molecule has 0 fully saturated rings. The number of benzene rings is 2. The van der Waals surface area contributed by atoms with Crippen molar-refractivity contribution in [2.24, 2.45) is 0 Å². The van der Waals surface area contributed by atoms with Gasteiger partial charge in [-0.05, 0) is 69.5 Å². The third-order valence-corrected chi connectivity index (χ3v) is 5.84. The van der Waals surface area contributed by atoms with E-state index < -0.39 is 11.6 Å². The van der Waals surface area contributed by atoms with Crippen molar-refractivity contribution in [3.63, 3.8) is 0 Å². The van der Waals surface area contributed by atoms with Gasteiger partial charge >= 0.3 is 0 Å². The van der Waals surface area contributed by atoms with Gasteiger partial charge in [0.05, 0.1) is 0 Å². The van der Waals surface area contributed by atoms with E-state index in [-0.39, 0.29) is 24.8 Å². The molecule has 1 atom stereocenters. The molecule has 0 aromatic heterocycles. The van der Waals surface area contributed by atoms with E-state index in [0.717, 1.165) is 11.1 Å². The number of nitrogens with one attached hydrogen (secondary N) is 1. The van der Waals surface area contributed by atoms with Crippen LogP contribution in [0.25, 0.3) is 0 Å². The summed E-state index contributed by atoms with van der Waals surface area (Å²) in [5, 5.41) is 3.92. The lowest BCUT2D eigenvalue weighted by molar-refractivity contribution is -0.141. The van der Waals surface area contributed by atoms with Crippen LogP contribution in [-0.4, -0.2) is 41.5 Å². The summed E-state index contributed by atoms with van der Waals surface area (Å²) in [4.78, 5) is 27.8. The smallest absolute Gasteiger partial charge is 0.242 e. The van der Waals surface area contributed by atoms with Crippen LogP contribution in [0.2, 0.25) is 10.0 Å². The SMILES string of the molecule is C[C@H](C(=O)NC(C)(C)C)N(Cc1ccc(Cl)cc1Cl)C(=O)CCc1ccc2c(c1)OCCO2. The number of aryl methyl sites for hydroxylation is 1. The van der Waals surface area contributed by atoms with Crippen molar-refractivity contribution < 1.29 is 19.1 Å². The first-order valence-electron chi connectivity index (χ1n) is 11.0. The minimum atomic E-state index is -0.677. The Morgan fingerprint density at radius 1 is 1.06 bits per heavy atom. The minimum Gasteiger partial charge on any atom is -0.486 e. The molecule has 178 valence electrons. The first-order chi connectivity index (χ1) is 15.5. The predicted octanol–water partition coefficient (Wildman–Crippen LogP) is 5.03. The van der Waals surface area contributed by atoms with Crippen molar-refractivity contribution in [2.75, 3.05) is 13.2 Å². The third-order valence-electron chi connectivity index (χ3n) is 5.26. The quantitative estimate of drug-likeness (QED) is 0.588. The summed E-state index contributed by atoms with van der Waals surface area (Å²) in [5.41, 5.74) is 1.27. The van der Waals surface area contributed by atoms with Crippen molar-refractivity contribution in [3.8, 4) is 11.5 Å². The summed E-state index contributed by atoms with van der Waals surface area (Å²) in [6.07, 6.45) is 0.742. The largest absolute Gasteiger partial charge is 0.486 e. The number of rotatable bonds is 7. The predicted molar refractivity (Wildman–Crippen MR) is 130 cm³/mol. The van der Waals surface area contributed by atoms with Gasteiger partial charge in [-0.3, -0.25) is 9.59 Å². The molecule has 2 aromatic carbocycles. The number of carbonyl (C=O) groups excluding carboxylic acids is 2. The highest BCUT2D eigenvalue weighted by Crippen LogP contribution is 2.31. The Morgan fingerprint density at radius 3 is 2.42 bits per heavy atom. The van der Waals surface area contributed by atoms with Crippen LogP contribution in [0.4, 0.5) is 0 Å². The molecule has 1 aliphatic rings. The molecule has 0 bridgehead atoms. The average molecular weight is 493 g/mol. The number of amides is 2. The van der Waals surface area contributed by atoms with Crippen molar-refractivity contribution in [3.05, 3.63) is 57.6 Å². The van der Waals surface area contributed by atoms with Gasteiger partial charge in [0.1, 0.15) is 19.3 Å². The van der Waals surface area contributed by atoms with E-state index in [1.54, 1.807) is 30.0 Å². The first kappa shape index (κ1) is 25.2. The summed E-state index contributed by atoms with van der Waals surface area (Å²) < 4.78 is 11.2. The monoisotopic (exact) mass is 492 g/mol. The number of ether oxygens (including phenoxy) is 2. The number of hydrogen-bond donors (Lipinski definition) is 1. The topological polar surface area (TPSA) is 67.9 Å². The van der Waals surface area contributed by atoms with Gasteiger partial charge in [-0.15, -0.1) is 0 Å². The molecule has 2 aromatic rings. The van der Waals surface area contributed by atoms with Gasteiger partial charge in [-0.25, -0.2) is 0 Å². The molecule has 2 amide bonds. The Balaban J connectivity index is 1.76. The van der Waals surface area contributed by atoms with Gasteiger partial charge in [0.15, 0.2) is 11.5 Å². The molecular formula is C25H30Cl2N2O4. The fourth-order valence-corrected chi connectivity index (χ4v) is 4.00. The average Bonchev–Trinajstić information content (AvgIpc) is 2.75. The van der Waals surface area contributed by atoms with E-state index >= 15 is 0 Å². The zero-order chi connectivity index (χ0) is 24.2. The zero-order valence-corrected chi connectivity index (χ0v) is 20.9. The number of nitrogens with zero attached hydrogens (tertiary/aromatic N) is 1. The molecule has 0 aliphatic carbocycles. The van der Waals surface area contributed by atoms with Gasteiger partial charge in [-0.1, -0.05) is 35.3 Å². The highest BCUT2D eigenvalue weighted by Gasteiger charge is 2.28. The van der Waals surface area contributed by atoms with Gasteiger partial charge in [0.25, 0.3) is 0 Å². The Hall–Kier alpha value is -2.44. The molecule has 0 unspecified atom stereocenters. The number of carbonyl (C=O) groups is 2. The highest BCUT2D eigenvalue weighted by atomic mass is 35.5. The second kappa shape index (κ2) is 10.7. The van der Waals surface area contributed by atoms with Crippen LogP contribution >= 0.6 is 23.2 Å². The van der Waals surface area contributed by atoms with Crippen LogP contribution in [-0.2, 0) is 22.6 Å². The summed E-state index contributed by atoms with van der Waals surface area (Å²) in [7, 11) is 0. The summed E-state index contributed by atoms with van der Waals surface area (Å²) in [6.45, 7) is 8.68. The maximum absolute atomic E-state index is 13.3. The molecule has 1 N–H and O–H groups in total. The molecular weight excluding hydrogens is 463 g/mol. The number of fused-ring (bicyclic) bond motifs is 1. The molecule has 1 heterocycles. The minimum absolute atomic E-state index is 0.146. The maximum Gasteiger partial charge on any atom is 0.242 e. The Morgan fingerprint density at radius 2 is 1.76 bits per heavy atom. The molecule has 33 heavy (non-hydrogen) atoms. The van der Waals surface area contributed by atoms with Gasteiger partial charge in [-0.2, -0.15) is 0 Å². The van der Waals surface area contributed by atoms with Crippen molar-refractivity contribution in [1.82, 2.24) is 10.2 Å². The fraction of sp³-hybridized carbons (Fsp3) is 0.440. The molecule has 0 saturated carbocycles. The van der Waals surface area contributed by atoms with E-state index in [4.69, 9.17) is 32.7 Å². The second-order valence-electron chi connectivity index (χ2n) is 9.15. The molecule has 0 saturated heterocycles. The lowest BCUT2D eigenvalue weighted by Crippen LogP contribution is -2.52. The normalized spacial score (nSPS) is 13.9. The maximum atomic E-state index is 13.3. The van der Waals surface area contributed by atoms with Gasteiger partial charge < -0.3 is 19.7 Å². The molecule has 1 aliphatic heterocycles. The molecule has 0 radical (unpaired) electrons. The summed E-state index contributed by atoms with van der Waals surface area (Å²) in [5.74, 6) is 1.03. The van der Waals surface area contributed by atoms with Crippen LogP contribution in [0.5, 0.6) is 11.5 Å². The van der Waals surface area contributed by atoms with E-state index in [2.05, 4.69) is 5.32 Å². The van der Waals surface area contributed by atoms with Gasteiger partial charge in [0.2, 0.25) is 11.8 Å². The van der Waals surface area contributed by atoms with Crippen LogP contribution < -0.4 is 14.8 Å². The molecule has 3 rings (SSSR count). The van der Waals surface area contributed by atoms with Crippen LogP contribution in [0, 0.1) is 0 Å². The van der Waals surface area contributed by atoms with Crippen LogP contribution in [0.1, 0.15) is 45.2 Å². The zero-order valence-electron chi connectivity index (χ0n) is 19.4. The molecule has 6 nitrogen and oxygen atoms in total. The van der Waals surface area contributed by atoms with Crippen LogP contribution in [0.15, 0.2) is 36.4 Å². The highest BCUT2D eigenvalue weighted by molar-refractivity contribution is 6.35. The Bertz CT molecular complexity index is 1020. The lowest BCUT2D eigenvalue weighted by Gasteiger charge is -2.32. The number of hydrogen-bond acceptors (Lipinski definition) is 4. The lowest BCUT2D eigenvalue weighted by atomic mass is 10.1. The number of halogens is 2. The second-order valence-corrected chi connectivity index (χ2v) is 9.99. The standard InChI is InChI=1S/C25H30Cl2N2O4/c1-16(24(31)28-25(2,3)4)29(15-18-7-8-19(26)14-20(18)27)23(30)10-6-17-5-9-21-22(13-17)33-12-11-32-21/h5,7-9,13-14,16H,6,10-12,15H2,1-4H3,(H,28,31)/t16-/m1/s1. The van der Waals surface area contributed by atoms with E-state index in [1.807, 2.05) is 39.0 Å². The van der Waals surface area contributed by atoms with E-state index in [1.165, 1.54) is 0 Å². The third kappa shape index (κ3) is 7.02. The Labute approximate surface area is 205 Å².